The van der Waals surface area contributed by atoms with Crippen molar-refractivity contribution in [2.45, 2.75) is 0 Å². The van der Waals surface area contributed by atoms with E-state index in [1.165, 1.54) is 14.6 Å². The van der Waals surface area contributed by atoms with Crippen LogP contribution in [0.1, 0.15) is 2.85 Å². The summed E-state index contributed by atoms with van der Waals surface area (Å²) in [6, 6.07) is 8.37. The van der Waals surface area contributed by atoms with Crippen LogP contribution in [0.5, 0.6) is 0 Å². The molecule has 0 aliphatic heterocycles. The molecule has 2 rings (SSSR count). The van der Waals surface area contributed by atoms with Crippen molar-refractivity contribution in [3.63, 3.8) is 0 Å². The first-order valence-corrected chi connectivity index (χ1v) is 4.67. The molecule has 0 aliphatic rings. The molecule has 11 heavy (non-hydrogen) atoms. The van der Waals surface area contributed by atoms with Crippen molar-refractivity contribution >= 4 is 60.4 Å². The van der Waals surface area contributed by atoms with Crippen molar-refractivity contribution < 1.29 is 2.85 Å². The quantitative estimate of drug-likeness (QED) is 0.617. The average Bonchev–Trinajstić information content (AvgIpc) is 2.36. The van der Waals surface area contributed by atoms with Gasteiger partial charge in [-0.25, -0.2) is 0 Å². The van der Waals surface area contributed by atoms with Crippen LogP contribution in [0, 0.1) is 0 Å². The maximum absolute atomic E-state index is 3.49. The van der Waals surface area contributed by atoms with Gasteiger partial charge in [-0.2, -0.15) is 0 Å². The molecule has 0 amide bonds. The Morgan fingerprint density at radius 2 is 2.09 bits per heavy atom. The molecule has 0 aliphatic carbocycles. The third-order valence-electron chi connectivity index (χ3n) is 1.43. The normalized spacial score (nSPS) is 9.55. The number of hydrogen-bond donors (Lipinski definition) is 0. The minimum Gasteiger partial charge on any atom is -1.00 e. The molecule has 0 nitrogen and oxygen atoms in total. The van der Waals surface area contributed by atoms with Gasteiger partial charge in [-0.05, 0) is 38.8 Å². The molecule has 0 N–H and O–H groups in total. The molecule has 0 atom stereocenters. The second-order valence-corrected chi connectivity index (χ2v) is 3.85. The van der Waals surface area contributed by atoms with Crippen LogP contribution in [-0.4, -0.2) is 23.1 Å². The number of rotatable bonds is 0. The van der Waals surface area contributed by atoms with Crippen LogP contribution in [-0.2, 0) is 0 Å². The van der Waals surface area contributed by atoms with Crippen molar-refractivity contribution in [3.05, 3.63) is 34.1 Å². The third-order valence-corrected chi connectivity index (χ3v) is 3.32. The van der Waals surface area contributed by atoms with E-state index >= 15 is 0 Å². The van der Waals surface area contributed by atoms with E-state index in [1.54, 1.807) is 11.3 Å². The first-order valence-electron chi connectivity index (χ1n) is 2.99. The Bertz CT molecular complexity index is 364. The van der Waals surface area contributed by atoms with Crippen molar-refractivity contribution in [2.24, 2.45) is 0 Å². The summed E-state index contributed by atoms with van der Waals surface area (Å²) < 4.78 is 2.53. The van der Waals surface area contributed by atoms with Crippen LogP contribution in [0.25, 0.3) is 10.1 Å². The molecular weight excluding hydrogens is 232 g/mol. The fraction of sp³-hybridized carbons (Fsp3) is 0. The molecular formula is C8H7BrMgS. The summed E-state index contributed by atoms with van der Waals surface area (Å²) in [6.45, 7) is 0. The van der Waals surface area contributed by atoms with Gasteiger partial charge < -0.3 is 2.85 Å². The number of fused-ring (bicyclic) bond motifs is 1. The Labute approximate surface area is 96.9 Å². The van der Waals surface area contributed by atoms with E-state index in [4.69, 9.17) is 0 Å². The van der Waals surface area contributed by atoms with Gasteiger partial charge in [0.05, 0.1) is 0 Å². The van der Waals surface area contributed by atoms with Crippen LogP contribution < -0.4 is 0 Å². The standard InChI is InChI=1S/C8H5BrS.Mg.2H/c9-7-3-1-2-6-4-5-10-8(6)7;;;/h1-5H;;;/q;+2;2*-1. The summed E-state index contributed by atoms with van der Waals surface area (Å²) in [5, 5.41) is 3.43. The Morgan fingerprint density at radius 3 is 2.82 bits per heavy atom. The minimum atomic E-state index is 0. The molecule has 54 valence electrons. The molecule has 3 heteroatoms. The first-order chi connectivity index (χ1) is 4.88. The van der Waals surface area contributed by atoms with Crippen molar-refractivity contribution in [1.29, 1.82) is 0 Å². The number of halogens is 1. The van der Waals surface area contributed by atoms with E-state index in [2.05, 4.69) is 45.6 Å². The molecule has 0 fully saturated rings. The fourth-order valence-electron chi connectivity index (χ4n) is 0.956. The molecule has 1 aromatic carbocycles. The zero-order valence-electron chi connectivity index (χ0n) is 7.88. The van der Waals surface area contributed by atoms with E-state index < -0.39 is 0 Å². The molecule has 0 unspecified atom stereocenters. The van der Waals surface area contributed by atoms with Gasteiger partial charge in [-0.1, -0.05) is 12.1 Å². The Balaban J connectivity index is 0. The zero-order valence-corrected chi connectivity index (χ0v) is 9.70. The second kappa shape index (κ2) is 3.89. The van der Waals surface area contributed by atoms with Gasteiger partial charge in [0.2, 0.25) is 0 Å². The maximum Gasteiger partial charge on any atom is 2.00 e. The molecule has 0 bridgehead atoms. The summed E-state index contributed by atoms with van der Waals surface area (Å²) in [6.07, 6.45) is 0. The first kappa shape index (κ1) is 9.51. The monoisotopic (exact) mass is 238 g/mol. The largest absolute Gasteiger partial charge is 2.00 e. The molecule has 0 spiro atoms. The number of benzene rings is 1. The second-order valence-electron chi connectivity index (χ2n) is 2.08. The van der Waals surface area contributed by atoms with Gasteiger partial charge in [0.25, 0.3) is 0 Å². The predicted molar refractivity (Wildman–Crippen MR) is 57.5 cm³/mol. The van der Waals surface area contributed by atoms with Crippen LogP contribution in [0.3, 0.4) is 0 Å². The van der Waals surface area contributed by atoms with E-state index in [0.29, 0.717) is 0 Å². The van der Waals surface area contributed by atoms with E-state index in [9.17, 15) is 0 Å². The molecule has 0 saturated carbocycles. The van der Waals surface area contributed by atoms with E-state index in [-0.39, 0.29) is 25.9 Å². The van der Waals surface area contributed by atoms with Gasteiger partial charge in [0, 0.05) is 9.17 Å². The van der Waals surface area contributed by atoms with Crippen molar-refractivity contribution in [3.8, 4) is 0 Å². The molecule has 1 heterocycles. The molecule has 1 aromatic heterocycles. The van der Waals surface area contributed by atoms with Crippen LogP contribution in [0.2, 0.25) is 0 Å². The Morgan fingerprint density at radius 1 is 1.27 bits per heavy atom. The topological polar surface area (TPSA) is 0 Å². The van der Waals surface area contributed by atoms with Gasteiger partial charge >= 0.3 is 23.1 Å². The number of hydrogen-bond acceptors (Lipinski definition) is 1. The fourth-order valence-corrected chi connectivity index (χ4v) is 2.42. The Kier molecular flexibility index (Phi) is 3.37. The molecule has 2 aromatic rings. The summed E-state index contributed by atoms with van der Waals surface area (Å²) in [5.41, 5.74) is 0. The average molecular weight is 239 g/mol. The zero-order chi connectivity index (χ0) is 6.97. The smallest absolute Gasteiger partial charge is 1.00 e. The number of thiophene rings is 1. The van der Waals surface area contributed by atoms with Gasteiger partial charge in [-0.15, -0.1) is 11.3 Å². The summed E-state index contributed by atoms with van der Waals surface area (Å²) in [4.78, 5) is 0. The predicted octanol–water partition coefficient (Wildman–Crippen LogP) is 3.51. The Hall–Kier alpha value is 0.426. The van der Waals surface area contributed by atoms with E-state index in [1.807, 2.05) is 0 Å². The van der Waals surface area contributed by atoms with Crippen LogP contribution in [0.15, 0.2) is 34.1 Å². The SMILES string of the molecule is Brc1cccc2ccsc12.[H-].[H-].[Mg+2]. The van der Waals surface area contributed by atoms with Crippen molar-refractivity contribution in [1.82, 2.24) is 0 Å². The van der Waals surface area contributed by atoms with Crippen LogP contribution in [0.4, 0.5) is 0 Å². The van der Waals surface area contributed by atoms with Gasteiger partial charge in [0.15, 0.2) is 0 Å². The van der Waals surface area contributed by atoms with E-state index in [0.717, 1.165) is 0 Å². The van der Waals surface area contributed by atoms with Gasteiger partial charge in [-0.3, -0.25) is 0 Å². The third kappa shape index (κ3) is 1.77. The summed E-state index contributed by atoms with van der Waals surface area (Å²) in [7, 11) is 0. The summed E-state index contributed by atoms with van der Waals surface area (Å²) in [5.74, 6) is 0. The molecule has 0 radical (unpaired) electrons. The van der Waals surface area contributed by atoms with Gasteiger partial charge in [0.1, 0.15) is 0 Å². The van der Waals surface area contributed by atoms with Crippen LogP contribution >= 0.6 is 27.3 Å². The molecule has 0 saturated heterocycles. The minimum absolute atomic E-state index is 0. The maximum atomic E-state index is 3.49. The van der Waals surface area contributed by atoms with Crippen molar-refractivity contribution in [2.75, 3.05) is 0 Å². The summed E-state index contributed by atoms with van der Waals surface area (Å²) >= 11 is 5.25.